The number of nitrogens with zero attached hydrogens (tertiary/aromatic N) is 1. The van der Waals surface area contributed by atoms with Crippen molar-refractivity contribution in [2.45, 2.75) is 32.9 Å². The number of sulfone groups is 1. The summed E-state index contributed by atoms with van der Waals surface area (Å²) >= 11 is 0. The molecule has 0 saturated carbocycles. The molecule has 1 saturated heterocycles. The predicted molar refractivity (Wildman–Crippen MR) is 128 cm³/mol. The summed E-state index contributed by atoms with van der Waals surface area (Å²) in [7, 11) is -0.212. The third kappa shape index (κ3) is 4.65. The van der Waals surface area contributed by atoms with E-state index in [2.05, 4.69) is 0 Å². The highest BCUT2D eigenvalue weighted by Gasteiger charge is 2.36. The second-order valence-corrected chi connectivity index (χ2v) is 10.8. The number of hydrogen-bond donors (Lipinski definition) is 0. The Morgan fingerprint density at radius 2 is 1.82 bits per heavy atom. The molecule has 1 fully saturated rings. The molecule has 0 bridgehead atoms. The van der Waals surface area contributed by atoms with Crippen molar-refractivity contribution in [2.75, 3.05) is 25.7 Å². The lowest BCUT2D eigenvalue weighted by molar-refractivity contribution is 0.0648. The van der Waals surface area contributed by atoms with E-state index in [9.17, 15) is 18.0 Å². The van der Waals surface area contributed by atoms with E-state index >= 15 is 0 Å². The van der Waals surface area contributed by atoms with E-state index < -0.39 is 21.8 Å². The van der Waals surface area contributed by atoms with Crippen LogP contribution in [0.2, 0.25) is 0 Å². The minimum atomic E-state index is -3.26. The Morgan fingerprint density at radius 1 is 1.09 bits per heavy atom. The number of methoxy groups -OCH3 is 2. The van der Waals surface area contributed by atoms with Gasteiger partial charge in [-0.1, -0.05) is 12.1 Å². The number of hydrogen-bond acceptors (Lipinski definition) is 7. The number of benzene rings is 2. The molecule has 34 heavy (non-hydrogen) atoms. The number of carbonyl (C=O) groups excluding carboxylic acids is 1. The molecule has 1 aliphatic heterocycles. The van der Waals surface area contributed by atoms with E-state index in [1.54, 1.807) is 24.3 Å². The molecule has 1 aromatic heterocycles. The van der Waals surface area contributed by atoms with Crippen molar-refractivity contribution in [2.24, 2.45) is 0 Å². The molecule has 1 amide bonds. The maximum Gasteiger partial charge on any atom is 0.290 e. The Labute approximate surface area is 198 Å². The van der Waals surface area contributed by atoms with Crippen molar-refractivity contribution >= 4 is 26.7 Å². The quantitative estimate of drug-likeness (QED) is 0.528. The largest absolute Gasteiger partial charge is 0.493 e. The summed E-state index contributed by atoms with van der Waals surface area (Å²) in [6.45, 7) is 3.82. The van der Waals surface area contributed by atoms with Gasteiger partial charge in [-0.2, -0.15) is 0 Å². The van der Waals surface area contributed by atoms with E-state index in [1.165, 1.54) is 25.2 Å². The molecule has 8 nitrogen and oxygen atoms in total. The SMILES string of the molecule is COc1ccc(CN(C(=O)c2cc(=O)c3c(C)cc(C)cc3o2)[C@@H]2CCS(=O)(=O)C2)cc1OC. The fourth-order valence-electron chi connectivity index (χ4n) is 4.47. The summed E-state index contributed by atoms with van der Waals surface area (Å²) in [5, 5.41) is 0.428. The van der Waals surface area contributed by atoms with Crippen molar-refractivity contribution in [3.63, 3.8) is 0 Å². The van der Waals surface area contributed by atoms with Crippen LogP contribution in [0.4, 0.5) is 0 Å². The fourth-order valence-corrected chi connectivity index (χ4v) is 6.21. The lowest BCUT2D eigenvalue weighted by atomic mass is 10.1. The average Bonchev–Trinajstić information content (AvgIpc) is 3.15. The van der Waals surface area contributed by atoms with Gasteiger partial charge in [-0.3, -0.25) is 9.59 Å². The Morgan fingerprint density at radius 3 is 2.47 bits per heavy atom. The maximum absolute atomic E-state index is 13.6. The first kappa shape index (κ1) is 23.8. The second kappa shape index (κ2) is 9.13. The second-order valence-electron chi connectivity index (χ2n) is 8.61. The van der Waals surface area contributed by atoms with Crippen molar-refractivity contribution in [3.05, 3.63) is 69.1 Å². The summed E-state index contributed by atoms with van der Waals surface area (Å²) < 4.78 is 40.9. The van der Waals surface area contributed by atoms with Gasteiger partial charge in [0.25, 0.3) is 5.91 Å². The number of aryl methyl sites for hydroxylation is 2. The summed E-state index contributed by atoms with van der Waals surface area (Å²) in [5.74, 6) is 0.256. The van der Waals surface area contributed by atoms with Gasteiger partial charge in [0, 0.05) is 18.7 Å². The molecular formula is C25H27NO7S. The third-order valence-electron chi connectivity index (χ3n) is 6.09. The van der Waals surface area contributed by atoms with Gasteiger partial charge in [-0.05, 0) is 55.2 Å². The van der Waals surface area contributed by atoms with Crippen molar-refractivity contribution in [1.29, 1.82) is 0 Å². The number of rotatable bonds is 6. The highest BCUT2D eigenvalue weighted by atomic mass is 32.2. The lowest BCUT2D eigenvalue weighted by Gasteiger charge is -2.28. The monoisotopic (exact) mass is 485 g/mol. The summed E-state index contributed by atoms with van der Waals surface area (Å²) in [6.07, 6.45) is 0.317. The molecule has 0 radical (unpaired) electrons. The first-order valence-corrected chi connectivity index (χ1v) is 12.7. The summed E-state index contributed by atoms with van der Waals surface area (Å²) in [4.78, 5) is 27.9. The van der Waals surface area contributed by atoms with Gasteiger partial charge in [-0.25, -0.2) is 8.42 Å². The van der Waals surface area contributed by atoms with Gasteiger partial charge < -0.3 is 18.8 Å². The zero-order chi connectivity index (χ0) is 24.6. The van der Waals surface area contributed by atoms with Gasteiger partial charge in [0.1, 0.15) is 5.58 Å². The molecule has 1 atom stereocenters. The summed E-state index contributed by atoms with van der Waals surface area (Å²) in [5.41, 5.74) is 2.42. The van der Waals surface area contributed by atoms with Crippen LogP contribution in [0.15, 0.2) is 45.6 Å². The molecule has 0 N–H and O–H groups in total. The van der Waals surface area contributed by atoms with Crippen molar-refractivity contribution < 1.29 is 27.1 Å². The van der Waals surface area contributed by atoms with Crippen LogP contribution in [0.3, 0.4) is 0 Å². The zero-order valence-corrected chi connectivity index (χ0v) is 20.4. The van der Waals surface area contributed by atoms with Crippen LogP contribution in [-0.2, 0) is 16.4 Å². The van der Waals surface area contributed by atoms with E-state index in [-0.39, 0.29) is 29.2 Å². The minimum absolute atomic E-state index is 0.00738. The van der Waals surface area contributed by atoms with Crippen LogP contribution < -0.4 is 14.9 Å². The van der Waals surface area contributed by atoms with E-state index in [0.717, 1.165) is 16.7 Å². The lowest BCUT2D eigenvalue weighted by Crippen LogP contribution is -2.41. The first-order valence-electron chi connectivity index (χ1n) is 10.9. The Kier molecular flexibility index (Phi) is 6.40. The van der Waals surface area contributed by atoms with Gasteiger partial charge in [-0.15, -0.1) is 0 Å². The molecule has 2 heterocycles. The minimum Gasteiger partial charge on any atom is -0.493 e. The number of ether oxygens (including phenoxy) is 2. The van der Waals surface area contributed by atoms with Crippen molar-refractivity contribution in [3.8, 4) is 11.5 Å². The molecule has 0 spiro atoms. The van der Waals surface area contributed by atoms with Crippen LogP contribution in [0.1, 0.15) is 33.7 Å². The summed E-state index contributed by atoms with van der Waals surface area (Å²) in [6, 6.07) is 9.51. The first-order chi connectivity index (χ1) is 16.1. The number of carbonyl (C=O) groups is 1. The fraction of sp³-hybridized carbons (Fsp3) is 0.360. The highest BCUT2D eigenvalue weighted by molar-refractivity contribution is 7.91. The van der Waals surface area contributed by atoms with Crippen LogP contribution in [0, 0.1) is 13.8 Å². The van der Waals surface area contributed by atoms with Gasteiger partial charge >= 0.3 is 0 Å². The Hall–Kier alpha value is -3.33. The zero-order valence-electron chi connectivity index (χ0n) is 19.6. The van der Waals surface area contributed by atoms with E-state index in [4.69, 9.17) is 13.9 Å². The molecule has 3 aromatic rings. The van der Waals surface area contributed by atoms with E-state index in [1.807, 2.05) is 19.9 Å². The highest BCUT2D eigenvalue weighted by Crippen LogP contribution is 2.30. The number of amides is 1. The molecule has 0 unspecified atom stereocenters. The average molecular weight is 486 g/mol. The normalized spacial score (nSPS) is 17.0. The van der Waals surface area contributed by atoms with Gasteiger partial charge in [0.2, 0.25) is 0 Å². The number of fused-ring (bicyclic) bond motifs is 1. The van der Waals surface area contributed by atoms with E-state index in [0.29, 0.717) is 28.9 Å². The standard InChI is InChI=1S/C25H27NO7S/c1-15-9-16(2)24-19(27)12-23(33-22(24)10-15)25(28)26(18-7-8-34(29,30)14-18)13-17-5-6-20(31-3)21(11-17)32-4/h5-6,9-12,18H,7-8,13-14H2,1-4H3/t18-/m1/s1. The molecule has 2 aromatic carbocycles. The van der Waals surface area contributed by atoms with Crippen molar-refractivity contribution in [1.82, 2.24) is 4.90 Å². The molecule has 1 aliphatic rings. The van der Waals surface area contributed by atoms with Crippen LogP contribution in [-0.4, -0.2) is 51.0 Å². The molecular weight excluding hydrogens is 458 g/mol. The Balaban J connectivity index is 1.76. The van der Waals surface area contributed by atoms with Gasteiger partial charge in [0.15, 0.2) is 32.5 Å². The van der Waals surface area contributed by atoms with Crippen LogP contribution in [0.25, 0.3) is 11.0 Å². The topological polar surface area (TPSA) is 103 Å². The molecule has 9 heteroatoms. The predicted octanol–water partition coefficient (Wildman–Crippen LogP) is 3.26. The molecule has 180 valence electrons. The van der Waals surface area contributed by atoms with Crippen LogP contribution >= 0.6 is 0 Å². The molecule has 4 rings (SSSR count). The van der Waals surface area contributed by atoms with Gasteiger partial charge in [0.05, 0.1) is 31.1 Å². The maximum atomic E-state index is 13.6. The van der Waals surface area contributed by atoms with Crippen LogP contribution in [0.5, 0.6) is 11.5 Å². The third-order valence-corrected chi connectivity index (χ3v) is 7.84. The Bertz CT molecular complexity index is 1430. The molecule has 0 aliphatic carbocycles. The smallest absolute Gasteiger partial charge is 0.290 e.